The molecule has 0 amide bonds. The van der Waals surface area contributed by atoms with Gasteiger partial charge >= 0.3 is 0 Å². The maximum absolute atomic E-state index is 5.75. The van der Waals surface area contributed by atoms with Crippen molar-refractivity contribution in [3.63, 3.8) is 0 Å². The molecule has 2 N–H and O–H groups in total. The van der Waals surface area contributed by atoms with Crippen LogP contribution in [-0.4, -0.2) is 18.6 Å². The third kappa shape index (κ3) is 1.61. The van der Waals surface area contributed by atoms with E-state index in [9.17, 15) is 0 Å². The van der Waals surface area contributed by atoms with Crippen molar-refractivity contribution in [3.8, 4) is 5.88 Å². The lowest BCUT2D eigenvalue weighted by Crippen LogP contribution is -2.05. The second-order valence-electron chi connectivity index (χ2n) is 4.78. The van der Waals surface area contributed by atoms with E-state index in [0.29, 0.717) is 23.1 Å². The number of aromatic nitrogens is 1. The Balaban J connectivity index is 2.18. The summed E-state index contributed by atoms with van der Waals surface area (Å²) in [5, 5.41) is 0. The van der Waals surface area contributed by atoms with Crippen molar-refractivity contribution in [2.24, 2.45) is 17.1 Å². The van der Waals surface area contributed by atoms with E-state index < -0.39 is 0 Å². The normalized spacial score (nSPS) is 27.5. The molecule has 0 saturated heterocycles. The standard InChI is InChI=1S/C12H18N2O/c1-12(2)9(6-13)11(12)8-4-5-10(15-3)14-7-8/h4-5,7,9,11H,6,13H2,1-3H3/t9-,11-/m1/s1. The molecule has 1 saturated carbocycles. The van der Waals surface area contributed by atoms with Gasteiger partial charge in [-0.2, -0.15) is 0 Å². The molecule has 0 aromatic carbocycles. The van der Waals surface area contributed by atoms with Crippen LogP contribution in [0.25, 0.3) is 0 Å². The quantitative estimate of drug-likeness (QED) is 0.820. The lowest BCUT2D eigenvalue weighted by atomic mass is 10.1. The molecular weight excluding hydrogens is 188 g/mol. The third-order valence-corrected chi connectivity index (χ3v) is 3.63. The zero-order valence-corrected chi connectivity index (χ0v) is 9.53. The van der Waals surface area contributed by atoms with Crippen LogP contribution in [0.5, 0.6) is 5.88 Å². The van der Waals surface area contributed by atoms with Crippen molar-refractivity contribution in [2.45, 2.75) is 19.8 Å². The van der Waals surface area contributed by atoms with E-state index in [1.54, 1.807) is 7.11 Å². The molecular formula is C12H18N2O. The highest BCUT2D eigenvalue weighted by Gasteiger charge is 2.57. The molecule has 1 heterocycles. The van der Waals surface area contributed by atoms with Gasteiger partial charge in [-0.3, -0.25) is 0 Å². The van der Waals surface area contributed by atoms with Gasteiger partial charge in [0.15, 0.2) is 0 Å². The van der Waals surface area contributed by atoms with Crippen LogP contribution in [-0.2, 0) is 0 Å². The summed E-state index contributed by atoms with van der Waals surface area (Å²) in [5.74, 6) is 1.81. The van der Waals surface area contributed by atoms with Crippen molar-refractivity contribution in [3.05, 3.63) is 23.9 Å². The van der Waals surface area contributed by atoms with Crippen molar-refractivity contribution >= 4 is 0 Å². The van der Waals surface area contributed by atoms with Gasteiger partial charge in [0.2, 0.25) is 5.88 Å². The molecule has 3 nitrogen and oxygen atoms in total. The average molecular weight is 206 g/mol. The summed E-state index contributed by atoms with van der Waals surface area (Å²) in [4.78, 5) is 4.23. The fourth-order valence-electron chi connectivity index (χ4n) is 2.54. The van der Waals surface area contributed by atoms with Gasteiger partial charge in [0.05, 0.1) is 7.11 Å². The molecule has 2 atom stereocenters. The number of hydrogen-bond acceptors (Lipinski definition) is 3. The van der Waals surface area contributed by atoms with Gasteiger partial charge in [-0.1, -0.05) is 19.9 Å². The Labute approximate surface area is 90.7 Å². The Morgan fingerprint density at radius 3 is 2.60 bits per heavy atom. The van der Waals surface area contributed by atoms with E-state index in [0.717, 1.165) is 6.54 Å². The highest BCUT2D eigenvalue weighted by Crippen LogP contribution is 2.63. The van der Waals surface area contributed by atoms with E-state index in [-0.39, 0.29) is 0 Å². The van der Waals surface area contributed by atoms with Crippen LogP contribution >= 0.6 is 0 Å². The molecule has 1 aromatic rings. The van der Waals surface area contributed by atoms with Gasteiger partial charge in [-0.05, 0) is 29.4 Å². The number of nitrogens with zero attached hydrogens (tertiary/aromatic N) is 1. The topological polar surface area (TPSA) is 48.1 Å². The monoisotopic (exact) mass is 206 g/mol. The van der Waals surface area contributed by atoms with Crippen molar-refractivity contribution in [1.29, 1.82) is 0 Å². The number of nitrogens with two attached hydrogens (primary N) is 1. The first kappa shape index (κ1) is 10.4. The highest BCUT2D eigenvalue weighted by atomic mass is 16.5. The number of ether oxygens (including phenoxy) is 1. The summed E-state index contributed by atoms with van der Waals surface area (Å²) in [6, 6.07) is 4.01. The minimum Gasteiger partial charge on any atom is -0.481 e. The first-order valence-electron chi connectivity index (χ1n) is 5.31. The molecule has 3 heteroatoms. The zero-order chi connectivity index (χ0) is 11.1. The fraction of sp³-hybridized carbons (Fsp3) is 0.583. The SMILES string of the molecule is COc1ccc([C@@H]2[C@@H](CN)C2(C)C)cn1. The zero-order valence-electron chi connectivity index (χ0n) is 9.53. The van der Waals surface area contributed by atoms with Crippen LogP contribution in [0.1, 0.15) is 25.3 Å². The summed E-state index contributed by atoms with van der Waals surface area (Å²) < 4.78 is 5.04. The number of rotatable bonds is 3. The first-order valence-corrected chi connectivity index (χ1v) is 5.31. The van der Waals surface area contributed by atoms with Crippen LogP contribution in [0.3, 0.4) is 0 Å². The average Bonchev–Trinajstić information content (AvgIpc) is 2.80. The summed E-state index contributed by atoms with van der Waals surface area (Å²) in [6.07, 6.45) is 1.90. The van der Waals surface area contributed by atoms with E-state index in [4.69, 9.17) is 10.5 Å². The second kappa shape index (κ2) is 3.49. The van der Waals surface area contributed by atoms with Gasteiger partial charge in [-0.15, -0.1) is 0 Å². The maximum atomic E-state index is 5.75. The molecule has 0 unspecified atom stereocenters. The van der Waals surface area contributed by atoms with Crippen molar-refractivity contribution < 1.29 is 4.74 Å². The van der Waals surface area contributed by atoms with Crippen LogP contribution in [0.15, 0.2) is 18.3 Å². The lowest BCUT2D eigenvalue weighted by Gasteiger charge is -2.03. The summed E-state index contributed by atoms with van der Waals surface area (Å²) >= 11 is 0. The van der Waals surface area contributed by atoms with Gasteiger partial charge in [0.25, 0.3) is 0 Å². The number of pyridine rings is 1. The molecule has 1 fully saturated rings. The Bertz CT molecular complexity index is 345. The first-order chi connectivity index (χ1) is 7.11. The number of hydrogen-bond donors (Lipinski definition) is 1. The smallest absolute Gasteiger partial charge is 0.212 e. The molecule has 0 bridgehead atoms. The molecule has 2 rings (SSSR count). The van der Waals surface area contributed by atoms with Gasteiger partial charge in [0, 0.05) is 12.3 Å². The minimum atomic E-state index is 0.324. The second-order valence-corrected chi connectivity index (χ2v) is 4.78. The molecule has 15 heavy (non-hydrogen) atoms. The van der Waals surface area contributed by atoms with E-state index >= 15 is 0 Å². The fourth-order valence-corrected chi connectivity index (χ4v) is 2.54. The van der Waals surface area contributed by atoms with Gasteiger partial charge < -0.3 is 10.5 Å². The predicted octanol–water partition coefficient (Wildman–Crippen LogP) is 1.79. The highest BCUT2D eigenvalue weighted by molar-refractivity contribution is 5.31. The molecule has 0 radical (unpaired) electrons. The minimum absolute atomic E-state index is 0.324. The van der Waals surface area contributed by atoms with Crippen LogP contribution < -0.4 is 10.5 Å². The molecule has 1 aliphatic carbocycles. The third-order valence-electron chi connectivity index (χ3n) is 3.63. The summed E-state index contributed by atoms with van der Waals surface area (Å²) in [5.41, 5.74) is 7.35. The summed E-state index contributed by atoms with van der Waals surface area (Å²) in [7, 11) is 1.63. The molecule has 1 aliphatic rings. The van der Waals surface area contributed by atoms with Gasteiger partial charge in [0.1, 0.15) is 0 Å². The molecule has 0 aliphatic heterocycles. The maximum Gasteiger partial charge on any atom is 0.212 e. The van der Waals surface area contributed by atoms with E-state index in [2.05, 4.69) is 24.9 Å². The largest absolute Gasteiger partial charge is 0.481 e. The Morgan fingerprint density at radius 2 is 2.20 bits per heavy atom. The van der Waals surface area contributed by atoms with Crippen molar-refractivity contribution in [2.75, 3.05) is 13.7 Å². The Hall–Kier alpha value is -1.09. The Kier molecular flexibility index (Phi) is 2.43. The molecule has 0 spiro atoms. The Morgan fingerprint density at radius 1 is 1.47 bits per heavy atom. The summed E-state index contributed by atoms with van der Waals surface area (Å²) in [6.45, 7) is 5.28. The van der Waals surface area contributed by atoms with E-state index in [1.807, 2.05) is 12.3 Å². The molecule has 82 valence electrons. The van der Waals surface area contributed by atoms with Crippen LogP contribution in [0, 0.1) is 11.3 Å². The van der Waals surface area contributed by atoms with Crippen LogP contribution in [0.4, 0.5) is 0 Å². The van der Waals surface area contributed by atoms with E-state index in [1.165, 1.54) is 5.56 Å². The van der Waals surface area contributed by atoms with Gasteiger partial charge in [-0.25, -0.2) is 4.98 Å². The predicted molar refractivity (Wildman–Crippen MR) is 59.9 cm³/mol. The van der Waals surface area contributed by atoms with Crippen LogP contribution in [0.2, 0.25) is 0 Å². The van der Waals surface area contributed by atoms with Crippen molar-refractivity contribution in [1.82, 2.24) is 4.98 Å². The lowest BCUT2D eigenvalue weighted by molar-refractivity contribution is 0.397. The number of methoxy groups -OCH3 is 1. The molecule has 1 aromatic heterocycles.